The van der Waals surface area contributed by atoms with Crippen molar-refractivity contribution in [3.05, 3.63) is 36.7 Å². The summed E-state index contributed by atoms with van der Waals surface area (Å²) in [6.07, 6.45) is 3.93. The molecule has 0 aromatic heterocycles. The Morgan fingerprint density at radius 3 is 2.36 bits per heavy atom. The maximum atomic E-state index is 3.02. The minimum atomic E-state index is 0. The third-order valence-corrected chi connectivity index (χ3v) is 1.48. The SMILES string of the molecule is Cl.Cl.c1cc2cc[nH]cc-2c1. The number of hydrogen-bond acceptors (Lipinski definition) is 0. The molecule has 1 nitrogen and oxygen atoms in total. The maximum absolute atomic E-state index is 3.02. The van der Waals surface area contributed by atoms with Gasteiger partial charge in [-0.25, -0.2) is 0 Å². The maximum Gasteiger partial charge on any atom is 0.00836 e. The first-order valence-electron chi connectivity index (χ1n) is 2.98. The standard InChI is InChI=1S/C8H7N.2ClH/c1-2-7-4-5-9-6-8(7)3-1;;/h1-6,9H;2*1H. The quantitative estimate of drug-likeness (QED) is 0.657. The number of fused-ring (bicyclic) bond motifs is 1. The summed E-state index contributed by atoms with van der Waals surface area (Å²) in [6, 6.07) is 8.31. The predicted molar refractivity (Wildman–Crippen MR) is 51.9 cm³/mol. The topological polar surface area (TPSA) is 15.8 Å². The summed E-state index contributed by atoms with van der Waals surface area (Å²) in [6.45, 7) is 0. The normalized spacial score (nSPS) is 8.36. The lowest BCUT2D eigenvalue weighted by molar-refractivity contribution is 1.33. The van der Waals surface area contributed by atoms with Gasteiger partial charge in [-0.2, -0.15) is 0 Å². The molecular weight excluding hydrogens is 181 g/mol. The highest BCUT2D eigenvalue weighted by atomic mass is 35.5. The van der Waals surface area contributed by atoms with E-state index in [0.717, 1.165) is 0 Å². The van der Waals surface area contributed by atoms with Gasteiger partial charge in [0.2, 0.25) is 0 Å². The van der Waals surface area contributed by atoms with E-state index in [2.05, 4.69) is 29.2 Å². The highest BCUT2D eigenvalue weighted by Crippen LogP contribution is 2.19. The molecule has 0 aromatic carbocycles. The summed E-state index contributed by atoms with van der Waals surface area (Å²) in [5, 5.41) is 0. The molecule has 0 spiro atoms. The van der Waals surface area contributed by atoms with E-state index >= 15 is 0 Å². The van der Waals surface area contributed by atoms with Gasteiger partial charge < -0.3 is 4.98 Å². The molecule has 0 atom stereocenters. The Hall–Kier alpha value is -0.660. The Balaban J connectivity index is 0.000000500. The van der Waals surface area contributed by atoms with Crippen LogP contribution < -0.4 is 0 Å². The first-order valence-corrected chi connectivity index (χ1v) is 2.98. The van der Waals surface area contributed by atoms with Gasteiger partial charge >= 0.3 is 0 Å². The van der Waals surface area contributed by atoms with Crippen LogP contribution in [-0.4, -0.2) is 4.98 Å². The number of halogens is 2. The van der Waals surface area contributed by atoms with Crippen molar-refractivity contribution in [3.8, 4) is 11.1 Å². The number of rotatable bonds is 0. The van der Waals surface area contributed by atoms with Crippen LogP contribution in [0, 0.1) is 0 Å². The average molecular weight is 190 g/mol. The van der Waals surface area contributed by atoms with Gasteiger partial charge in [0.05, 0.1) is 0 Å². The van der Waals surface area contributed by atoms with Gasteiger partial charge in [0, 0.05) is 12.4 Å². The Morgan fingerprint density at radius 1 is 0.909 bits per heavy atom. The third kappa shape index (κ3) is 1.88. The largest absolute Gasteiger partial charge is 0.367 e. The van der Waals surface area contributed by atoms with Gasteiger partial charge in [0.15, 0.2) is 0 Å². The second-order valence-corrected chi connectivity index (χ2v) is 2.08. The van der Waals surface area contributed by atoms with Crippen LogP contribution in [0.25, 0.3) is 11.1 Å². The van der Waals surface area contributed by atoms with E-state index in [4.69, 9.17) is 0 Å². The molecule has 0 fully saturated rings. The van der Waals surface area contributed by atoms with Gasteiger partial charge in [-0.1, -0.05) is 18.2 Å². The Bertz CT molecular complexity index is 252. The molecule has 1 N–H and O–H groups in total. The Morgan fingerprint density at radius 2 is 1.64 bits per heavy atom. The van der Waals surface area contributed by atoms with Crippen molar-refractivity contribution in [2.45, 2.75) is 0 Å². The lowest BCUT2D eigenvalue weighted by atomic mass is 10.2. The molecule has 2 rings (SSSR count). The number of nitrogens with one attached hydrogen (secondary N) is 1. The Labute approximate surface area is 78.0 Å². The van der Waals surface area contributed by atoms with Gasteiger partial charge in [0.25, 0.3) is 0 Å². The molecular formula is C8H9Cl2N. The van der Waals surface area contributed by atoms with E-state index in [1.807, 2.05) is 12.4 Å². The molecule has 0 unspecified atom stereocenters. The van der Waals surface area contributed by atoms with E-state index in [1.165, 1.54) is 11.1 Å². The smallest absolute Gasteiger partial charge is 0.00836 e. The minimum absolute atomic E-state index is 0. The molecule has 0 amide bonds. The van der Waals surface area contributed by atoms with E-state index in [9.17, 15) is 0 Å². The summed E-state index contributed by atoms with van der Waals surface area (Å²) in [5.41, 5.74) is 2.58. The number of pyridine rings is 1. The molecule has 1 heterocycles. The van der Waals surface area contributed by atoms with E-state index in [-0.39, 0.29) is 24.8 Å². The first-order chi connectivity index (χ1) is 4.47. The predicted octanol–water partition coefficient (Wildman–Crippen LogP) is 2.96. The number of aromatic nitrogens is 1. The first kappa shape index (κ1) is 10.3. The fourth-order valence-electron chi connectivity index (χ4n) is 1.01. The molecule has 0 saturated carbocycles. The van der Waals surface area contributed by atoms with Crippen molar-refractivity contribution in [1.29, 1.82) is 0 Å². The van der Waals surface area contributed by atoms with Gasteiger partial charge in [-0.15, -0.1) is 24.8 Å². The average Bonchev–Trinajstić information content (AvgIpc) is 2.33. The summed E-state index contributed by atoms with van der Waals surface area (Å²) in [7, 11) is 0. The van der Waals surface area contributed by atoms with Crippen molar-refractivity contribution in [2.75, 3.05) is 0 Å². The van der Waals surface area contributed by atoms with Crippen molar-refractivity contribution < 1.29 is 0 Å². The van der Waals surface area contributed by atoms with Crippen LogP contribution in [0.1, 0.15) is 0 Å². The van der Waals surface area contributed by atoms with Crippen LogP contribution in [0.4, 0.5) is 0 Å². The van der Waals surface area contributed by atoms with Crippen LogP contribution in [0.2, 0.25) is 0 Å². The lowest BCUT2D eigenvalue weighted by Crippen LogP contribution is -1.72. The third-order valence-electron chi connectivity index (χ3n) is 1.48. The molecule has 3 heteroatoms. The van der Waals surface area contributed by atoms with E-state index < -0.39 is 0 Å². The number of aromatic amines is 1. The molecule has 0 bridgehead atoms. The fraction of sp³-hybridized carbons (Fsp3) is 0. The summed E-state index contributed by atoms with van der Waals surface area (Å²) in [5.74, 6) is 0. The zero-order valence-electron chi connectivity index (χ0n) is 5.78. The summed E-state index contributed by atoms with van der Waals surface area (Å²) < 4.78 is 0. The van der Waals surface area contributed by atoms with Crippen molar-refractivity contribution >= 4 is 24.8 Å². The van der Waals surface area contributed by atoms with Gasteiger partial charge in [0.1, 0.15) is 0 Å². The van der Waals surface area contributed by atoms with Crippen molar-refractivity contribution in [2.24, 2.45) is 0 Å². The molecule has 11 heavy (non-hydrogen) atoms. The van der Waals surface area contributed by atoms with Crippen LogP contribution >= 0.6 is 24.8 Å². The highest BCUT2D eigenvalue weighted by Gasteiger charge is 1.95. The second-order valence-electron chi connectivity index (χ2n) is 2.08. The second kappa shape index (κ2) is 4.27. The molecule has 60 valence electrons. The molecule has 0 aromatic rings. The Kier molecular flexibility index (Phi) is 4.01. The van der Waals surface area contributed by atoms with Crippen molar-refractivity contribution in [1.82, 2.24) is 4.98 Å². The summed E-state index contributed by atoms with van der Waals surface area (Å²) >= 11 is 0. The molecule has 0 radical (unpaired) electrons. The summed E-state index contributed by atoms with van der Waals surface area (Å²) in [4.78, 5) is 3.02. The number of hydrogen-bond donors (Lipinski definition) is 1. The van der Waals surface area contributed by atoms with E-state index in [1.54, 1.807) is 0 Å². The van der Waals surface area contributed by atoms with E-state index in [0.29, 0.717) is 0 Å². The molecule has 2 aliphatic rings. The van der Waals surface area contributed by atoms with Crippen LogP contribution in [0.3, 0.4) is 0 Å². The highest BCUT2D eigenvalue weighted by molar-refractivity contribution is 5.85. The zero-order chi connectivity index (χ0) is 6.10. The molecule has 1 aliphatic heterocycles. The minimum Gasteiger partial charge on any atom is -0.367 e. The van der Waals surface area contributed by atoms with Crippen LogP contribution in [-0.2, 0) is 0 Å². The number of H-pyrrole nitrogens is 1. The van der Waals surface area contributed by atoms with Crippen LogP contribution in [0.5, 0.6) is 0 Å². The van der Waals surface area contributed by atoms with Crippen molar-refractivity contribution in [3.63, 3.8) is 0 Å². The van der Waals surface area contributed by atoms with Gasteiger partial charge in [-0.3, -0.25) is 0 Å². The van der Waals surface area contributed by atoms with Gasteiger partial charge in [-0.05, 0) is 17.2 Å². The zero-order valence-corrected chi connectivity index (χ0v) is 7.41. The molecule has 1 aliphatic carbocycles. The molecule has 0 saturated heterocycles. The monoisotopic (exact) mass is 189 g/mol. The lowest BCUT2D eigenvalue weighted by Gasteiger charge is -1.93. The fourth-order valence-corrected chi connectivity index (χ4v) is 1.01. The van der Waals surface area contributed by atoms with Crippen LogP contribution in [0.15, 0.2) is 36.7 Å².